The third-order valence-electron chi connectivity index (χ3n) is 3.61. The lowest BCUT2D eigenvalue weighted by molar-refractivity contribution is 0.0603. The van der Waals surface area contributed by atoms with Gasteiger partial charge in [0.25, 0.3) is 0 Å². The normalized spacial score (nSPS) is 12.5. The quantitative estimate of drug-likeness (QED) is 0.864. The van der Waals surface area contributed by atoms with Gasteiger partial charge in [-0.3, -0.25) is 0 Å². The second-order valence-corrected chi connectivity index (χ2v) is 5.79. The Hall–Kier alpha value is -2.01. The number of hydrogen-bond acceptors (Lipinski definition) is 5. The van der Waals surface area contributed by atoms with Gasteiger partial charge in [0.1, 0.15) is 16.3 Å². The molecule has 0 bridgehead atoms. The monoisotopic (exact) mass is 289 g/mol. The van der Waals surface area contributed by atoms with Crippen molar-refractivity contribution in [2.24, 2.45) is 0 Å². The molecule has 0 unspecified atom stereocenters. The Morgan fingerprint density at radius 1 is 1.30 bits per heavy atom. The molecular weight excluding hydrogens is 274 g/mol. The van der Waals surface area contributed by atoms with Crippen LogP contribution < -0.4 is 10.5 Å². The van der Waals surface area contributed by atoms with Gasteiger partial charge in [-0.1, -0.05) is 6.07 Å². The van der Waals surface area contributed by atoms with Crippen molar-refractivity contribution in [3.63, 3.8) is 0 Å². The maximum Gasteiger partial charge on any atom is 0.341 e. The van der Waals surface area contributed by atoms with Crippen LogP contribution in [0.25, 0.3) is 11.1 Å². The van der Waals surface area contributed by atoms with Crippen molar-refractivity contribution >= 4 is 22.3 Å². The lowest BCUT2D eigenvalue weighted by Crippen LogP contribution is -2.08. The van der Waals surface area contributed by atoms with Crippen LogP contribution in [0.15, 0.2) is 18.2 Å². The molecule has 2 N–H and O–H groups in total. The molecule has 0 atom stereocenters. The molecule has 3 rings (SSSR count). The number of aryl methyl sites for hydroxylation is 2. The average molecular weight is 289 g/mol. The van der Waals surface area contributed by atoms with E-state index in [0.29, 0.717) is 10.6 Å². The van der Waals surface area contributed by atoms with Crippen molar-refractivity contribution in [2.45, 2.75) is 12.8 Å². The Bertz CT molecular complexity index is 691. The van der Waals surface area contributed by atoms with Gasteiger partial charge < -0.3 is 15.2 Å². The van der Waals surface area contributed by atoms with E-state index in [1.54, 1.807) is 7.11 Å². The van der Waals surface area contributed by atoms with E-state index in [1.807, 2.05) is 18.2 Å². The molecule has 1 heterocycles. The molecule has 0 saturated carbocycles. The topological polar surface area (TPSA) is 61.5 Å². The summed E-state index contributed by atoms with van der Waals surface area (Å²) < 4.78 is 10.2. The van der Waals surface area contributed by atoms with Gasteiger partial charge in [-0.25, -0.2) is 4.79 Å². The van der Waals surface area contributed by atoms with Crippen LogP contribution in [-0.2, 0) is 17.6 Å². The fourth-order valence-corrected chi connectivity index (χ4v) is 3.72. The lowest BCUT2D eigenvalue weighted by atomic mass is 9.88. The lowest BCUT2D eigenvalue weighted by Gasteiger charge is -2.18. The molecule has 2 aromatic rings. The third kappa shape index (κ3) is 1.86. The number of anilines is 1. The summed E-state index contributed by atoms with van der Waals surface area (Å²) in [6.45, 7) is 0. The van der Waals surface area contributed by atoms with Gasteiger partial charge in [0.2, 0.25) is 0 Å². The molecule has 0 saturated heterocycles. The summed E-state index contributed by atoms with van der Waals surface area (Å²) in [5, 5.41) is 0.525. The van der Waals surface area contributed by atoms with Crippen LogP contribution in [-0.4, -0.2) is 20.2 Å². The van der Waals surface area contributed by atoms with Crippen LogP contribution in [0.2, 0.25) is 0 Å². The van der Waals surface area contributed by atoms with Gasteiger partial charge in [0, 0.05) is 10.4 Å². The molecule has 0 amide bonds. The number of ether oxygens (including phenoxy) is 2. The first-order chi connectivity index (χ1) is 9.65. The number of nitrogen functional groups attached to an aromatic ring is 1. The number of benzene rings is 1. The Morgan fingerprint density at radius 2 is 2.10 bits per heavy atom. The molecule has 1 aliphatic carbocycles. The molecule has 1 aromatic carbocycles. The molecule has 0 spiro atoms. The number of carbonyl (C=O) groups excluding carboxylic acids is 1. The van der Waals surface area contributed by atoms with Crippen molar-refractivity contribution in [3.05, 3.63) is 34.2 Å². The van der Waals surface area contributed by atoms with Gasteiger partial charge in [0.15, 0.2) is 0 Å². The molecule has 0 aliphatic heterocycles. The highest BCUT2D eigenvalue weighted by molar-refractivity contribution is 7.17. The first-order valence-electron chi connectivity index (χ1n) is 6.32. The van der Waals surface area contributed by atoms with Crippen molar-refractivity contribution < 1.29 is 14.3 Å². The van der Waals surface area contributed by atoms with Crippen LogP contribution in [0.3, 0.4) is 0 Å². The third-order valence-corrected chi connectivity index (χ3v) is 4.68. The number of rotatable bonds is 2. The first kappa shape index (κ1) is 13.0. The predicted molar refractivity (Wildman–Crippen MR) is 79.5 cm³/mol. The zero-order valence-corrected chi connectivity index (χ0v) is 12.2. The van der Waals surface area contributed by atoms with Gasteiger partial charge in [-0.15, -0.1) is 11.3 Å². The van der Waals surface area contributed by atoms with Gasteiger partial charge in [-0.05, 0) is 36.1 Å². The van der Waals surface area contributed by atoms with Crippen LogP contribution in [0.1, 0.15) is 20.8 Å². The average Bonchev–Trinajstić information content (AvgIpc) is 2.82. The van der Waals surface area contributed by atoms with Crippen molar-refractivity contribution in [3.8, 4) is 16.9 Å². The Kier molecular flexibility index (Phi) is 3.14. The molecule has 104 valence electrons. The van der Waals surface area contributed by atoms with E-state index < -0.39 is 0 Å². The number of nitrogens with two attached hydrogens (primary N) is 1. The van der Waals surface area contributed by atoms with E-state index in [1.165, 1.54) is 24.0 Å². The van der Waals surface area contributed by atoms with E-state index in [4.69, 9.17) is 15.2 Å². The fourth-order valence-electron chi connectivity index (χ4n) is 2.64. The number of hydrogen-bond donors (Lipinski definition) is 1. The fraction of sp³-hybridized carbons (Fsp3) is 0.267. The van der Waals surface area contributed by atoms with Crippen LogP contribution in [0.4, 0.5) is 5.00 Å². The second-order valence-electron chi connectivity index (χ2n) is 4.65. The van der Waals surface area contributed by atoms with Gasteiger partial charge >= 0.3 is 5.97 Å². The number of thiophene rings is 1. The molecule has 0 fully saturated rings. The van der Waals surface area contributed by atoms with Crippen LogP contribution in [0.5, 0.6) is 5.75 Å². The van der Waals surface area contributed by atoms with E-state index in [2.05, 4.69) is 0 Å². The van der Waals surface area contributed by atoms with Crippen molar-refractivity contribution in [2.75, 3.05) is 20.0 Å². The summed E-state index contributed by atoms with van der Waals surface area (Å²) in [7, 11) is 3.01. The summed E-state index contributed by atoms with van der Waals surface area (Å²) in [5.74, 6) is 0.396. The van der Waals surface area contributed by atoms with Gasteiger partial charge in [0.05, 0.1) is 14.2 Å². The maximum atomic E-state index is 12.0. The minimum atomic E-state index is -0.379. The summed E-state index contributed by atoms with van der Waals surface area (Å²) in [5.41, 5.74) is 9.65. The van der Waals surface area contributed by atoms with Crippen molar-refractivity contribution in [1.29, 1.82) is 0 Å². The standard InChI is InChI=1S/C15H15NO3S/c1-18-9-5-3-8-4-6-11-12(10(8)7-9)13(14(16)20-11)15(17)19-2/h3,5,7H,4,6,16H2,1-2H3. The predicted octanol–water partition coefficient (Wildman–Crippen LogP) is 2.89. The highest BCUT2D eigenvalue weighted by Crippen LogP contribution is 2.45. The van der Waals surface area contributed by atoms with E-state index in [-0.39, 0.29) is 5.97 Å². The summed E-state index contributed by atoms with van der Waals surface area (Å²) >= 11 is 1.47. The van der Waals surface area contributed by atoms with E-state index in [0.717, 1.165) is 34.6 Å². The van der Waals surface area contributed by atoms with E-state index >= 15 is 0 Å². The largest absolute Gasteiger partial charge is 0.497 e. The van der Waals surface area contributed by atoms with E-state index in [9.17, 15) is 4.79 Å². The van der Waals surface area contributed by atoms with Crippen LogP contribution in [0, 0.1) is 0 Å². The molecule has 1 aromatic heterocycles. The number of carbonyl (C=O) groups is 1. The summed E-state index contributed by atoms with van der Waals surface area (Å²) in [6.07, 6.45) is 1.85. The zero-order valence-electron chi connectivity index (χ0n) is 11.4. The van der Waals surface area contributed by atoms with Gasteiger partial charge in [-0.2, -0.15) is 0 Å². The van der Waals surface area contributed by atoms with Crippen LogP contribution >= 0.6 is 11.3 Å². The number of fused-ring (bicyclic) bond motifs is 3. The molecule has 1 aliphatic rings. The molecule has 5 heteroatoms. The Morgan fingerprint density at radius 3 is 2.80 bits per heavy atom. The second kappa shape index (κ2) is 4.83. The molecule has 20 heavy (non-hydrogen) atoms. The maximum absolute atomic E-state index is 12.0. The highest BCUT2D eigenvalue weighted by atomic mass is 32.1. The summed E-state index contributed by atoms with van der Waals surface area (Å²) in [4.78, 5) is 13.1. The smallest absolute Gasteiger partial charge is 0.341 e. The number of esters is 1. The van der Waals surface area contributed by atoms with Crippen molar-refractivity contribution in [1.82, 2.24) is 0 Å². The highest BCUT2D eigenvalue weighted by Gasteiger charge is 2.28. The first-order valence-corrected chi connectivity index (χ1v) is 7.14. The zero-order chi connectivity index (χ0) is 14.3. The SMILES string of the molecule is COC(=O)c1c(N)sc2c1-c1cc(OC)ccc1CC2. The molecule has 4 nitrogen and oxygen atoms in total. The Balaban J connectivity index is 2.26. The molecule has 0 radical (unpaired) electrons. The number of methoxy groups -OCH3 is 2. The summed E-state index contributed by atoms with van der Waals surface area (Å²) in [6, 6.07) is 5.95. The Labute approximate surface area is 121 Å². The molecular formula is C15H15NO3S. The minimum Gasteiger partial charge on any atom is -0.497 e. The minimum absolute atomic E-state index is 0.379.